The standard InChI is InChI=1S/C17H22N4O2/c22-16(11-18-9-8-12-4-2-1-3-5-12)19-13-6-7-14-15(10-13)21-17(23)20-14/h4,6-7,10,18H,1-3,5,8-9,11H2,(H,19,22)(H2,20,21,23). The van der Waals surface area contributed by atoms with E-state index in [0.29, 0.717) is 11.2 Å². The van der Waals surface area contributed by atoms with Crippen LogP contribution in [0, 0.1) is 0 Å². The van der Waals surface area contributed by atoms with Crippen LogP contribution in [0.1, 0.15) is 32.1 Å². The molecule has 0 fully saturated rings. The molecule has 1 aromatic heterocycles. The molecule has 0 atom stereocenters. The van der Waals surface area contributed by atoms with Crippen LogP contribution in [0.3, 0.4) is 0 Å². The van der Waals surface area contributed by atoms with Gasteiger partial charge in [-0.2, -0.15) is 0 Å². The molecule has 4 N–H and O–H groups in total. The molecule has 6 heteroatoms. The Morgan fingerprint density at radius 2 is 2.04 bits per heavy atom. The van der Waals surface area contributed by atoms with Crippen LogP contribution in [-0.4, -0.2) is 29.0 Å². The Bertz CT molecular complexity index is 772. The number of carbonyl (C=O) groups is 1. The van der Waals surface area contributed by atoms with E-state index in [4.69, 9.17) is 0 Å². The van der Waals surface area contributed by atoms with Gasteiger partial charge in [-0.05, 0) is 56.8 Å². The number of carbonyl (C=O) groups excluding carboxylic acids is 1. The Morgan fingerprint density at radius 3 is 2.87 bits per heavy atom. The van der Waals surface area contributed by atoms with Gasteiger partial charge in [0.1, 0.15) is 0 Å². The maximum absolute atomic E-state index is 11.9. The highest BCUT2D eigenvalue weighted by Crippen LogP contribution is 2.19. The molecule has 1 aliphatic carbocycles. The predicted molar refractivity (Wildman–Crippen MR) is 91.6 cm³/mol. The monoisotopic (exact) mass is 314 g/mol. The highest BCUT2D eigenvalue weighted by molar-refractivity contribution is 5.94. The van der Waals surface area contributed by atoms with Gasteiger partial charge in [0.2, 0.25) is 5.91 Å². The summed E-state index contributed by atoms with van der Waals surface area (Å²) in [5, 5.41) is 6.01. The maximum atomic E-state index is 11.9. The molecule has 1 heterocycles. The average Bonchev–Trinajstić information content (AvgIpc) is 2.92. The normalized spacial score (nSPS) is 14.7. The molecule has 1 amide bonds. The van der Waals surface area contributed by atoms with Gasteiger partial charge in [-0.25, -0.2) is 4.79 Å². The number of nitrogens with one attached hydrogen (secondary N) is 4. The van der Waals surface area contributed by atoms with Crippen LogP contribution >= 0.6 is 0 Å². The molecule has 0 spiro atoms. The molecule has 1 aliphatic rings. The molecule has 122 valence electrons. The zero-order valence-electron chi connectivity index (χ0n) is 13.1. The lowest BCUT2D eigenvalue weighted by Crippen LogP contribution is -2.29. The fourth-order valence-electron chi connectivity index (χ4n) is 2.90. The zero-order valence-corrected chi connectivity index (χ0v) is 13.1. The van der Waals surface area contributed by atoms with E-state index < -0.39 is 0 Å². The van der Waals surface area contributed by atoms with Gasteiger partial charge in [0.05, 0.1) is 17.6 Å². The van der Waals surface area contributed by atoms with Crippen molar-refractivity contribution in [3.63, 3.8) is 0 Å². The second kappa shape index (κ2) is 7.28. The number of anilines is 1. The molecule has 0 saturated heterocycles. The summed E-state index contributed by atoms with van der Waals surface area (Å²) in [6.45, 7) is 1.11. The van der Waals surface area contributed by atoms with E-state index in [2.05, 4.69) is 26.7 Å². The highest BCUT2D eigenvalue weighted by Gasteiger charge is 2.06. The summed E-state index contributed by atoms with van der Waals surface area (Å²) < 4.78 is 0. The first kappa shape index (κ1) is 15.6. The molecule has 1 aromatic carbocycles. The first-order valence-electron chi connectivity index (χ1n) is 8.11. The third-order valence-electron chi connectivity index (χ3n) is 4.09. The van der Waals surface area contributed by atoms with Crippen LogP contribution in [0.4, 0.5) is 5.69 Å². The van der Waals surface area contributed by atoms with E-state index in [1.165, 1.54) is 31.3 Å². The van der Waals surface area contributed by atoms with Crippen molar-refractivity contribution in [3.8, 4) is 0 Å². The minimum Gasteiger partial charge on any atom is -0.325 e. The summed E-state index contributed by atoms with van der Waals surface area (Å²) >= 11 is 0. The predicted octanol–water partition coefficient (Wildman–Crippen LogP) is 2.27. The molecular weight excluding hydrogens is 292 g/mol. The fraction of sp³-hybridized carbons (Fsp3) is 0.412. The number of rotatable bonds is 6. The maximum Gasteiger partial charge on any atom is 0.323 e. The number of hydrogen-bond donors (Lipinski definition) is 4. The van der Waals surface area contributed by atoms with E-state index in [1.54, 1.807) is 18.2 Å². The number of amides is 1. The van der Waals surface area contributed by atoms with E-state index in [1.807, 2.05) is 0 Å². The van der Waals surface area contributed by atoms with Gasteiger partial charge in [-0.15, -0.1) is 0 Å². The number of benzene rings is 1. The van der Waals surface area contributed by atoms with Crippen molar-refractivity contribution in [2.24, 2.45) is 0 Å². The van der Waals surface area contributed by atoms with E-state index in [0.717, 1.165) is 18.5 Å². The van der Waals surface area contributed by atoms with E-state index >= 15 is 0 Å². The van der Waals surface area contributed by atoms with Crippen molar-refractivity contribution in [3.05, 3.63) is 40.3 Å². The van der Waals surface area contributed by atoms with E-state index in [9.17, 15) is 9.59 Å². The molecular formula is C17H22N4O2. The van der Waals surface area contributed by atoms with Gasteiger partial charge in [0.25, 0.3) is 0 Å². The van der Waals surface area contributed by atoms with Crippen molar-refractivity contribution in [1.82, 2.24) is 15.3 Å². The number of fused-ring (bicyclic) bond motifs is 1. The van der Waals surface area contributed by atoms with Crippen molar-refractivity contribution in [2.45, 2.75) is 32.1 Å². The first-order valence-corrected chi connectivity index (χ1v) is 8.11. The van der Waals surface area contributed by atoms with Crippen molar-refractivity contribution in [2.75, 3.05) is 18.4 Å². The van der Waals surface area contributed by atoms with Crippen molar-refractivity contribution in [1.29, 1.82) is 0 Å². The number of allylic oxidation sites excluding steroid dienone is 1. The average molecular weight is 314 g/mol. The van der Waals surface area contributed by atoms with Crippen molar-refractivity contribution < 1.29 is 4.79 Å². The van der Waals surface area contributed by atoms with Crippen LogP contribution < -0.4 is 16.3 Å². The Labute approximate surface area is 134 Å². The first-order chi connectivity index (χ1) is 11.2. The van der Waals surface area contributed by atoms with Gasteiger partial charge < -0.3 is 20.6 Å². The van der Waals surface area contributed by atoms with Crippen LogP contribution in [0.25, 0.3) is 11.0 Å². The number of H-pyrrole nitrogens is 2. The molecule has 0 bridgehead atoms. The van der Waals surface area contributed by atoms with Gasteiger partial charge in [-0.1, -0.05) is 11.6 Å². The lowest BCUT2D eigenvalue weighted by Gasteiger charge is -2.13. The van der Waals surface area contributed by atoms with Crippen LogP contribution in [0.5, 0.6) is 0 Å². The van der Waals surface area contributed by atoms with Crippen LogP contribution in [-0.2, 0) is 4.79 Å². The van der Waals surface area contributed by atoms with Gasteiger partial charge in [0, 0.05) is 5.69 Å². The smallest absolute Gasteiger partial charge is 0.323 e. The van der Waals surface area contributed by atoms with Crippen LogP contribution in [0.2, 0.25) is 0 Å². The zero-order chi connectivity index (χ0) is 16.1. The Morgan fingerprint density at radius 1 is 1.17 bits per heavy atom. The molecule has 6 nitrogen and oxygen atoms in total. The molecule has 0 radical (unpaired) electrons. The molecule has 0 aliphatic heterocycles. The minimum absolute atomic E-state index is 0.0835. The van der Waals surface area contributed by atoms with Gasteiger partial charge in [0.15, 0.2) is 0 Å². The fourth-order valence-corrected chi connectivity index (χ4v) is 2.90. The number of hydrogen-bond acceptors (Lipinski definition) is 3. The van der Waals surface area contributed by atoms with Gasteiger partial charge >= 0.3 is 5.69 Å². The van der Waals surface area contributed by atoms with Gasteiger partial charge in [-0.3, -0.25) is 4.79 Å². The van der Waals surface area contributed by atoms with Crippen molar-refractivity contribution >= 4 is 22.6 Å². The lowest BCUT2D eigenvalue weighted by molar-refractivity contribution is -0.115. The SMILES string of the molecule is O=C(CNCCC1=CCCCC1)Nc1ccc2[nH]c(=O)[nH]c2c1. The highest BCUT2D eigenvalue weighted by atomic mass is 16.2. The quantitative estimate of drug-likeness (QED) is 0.487. The Balaban J connectivity index is 1.44. The number of imidazole rings is 1. The topological polar surface area (TPSA) is 89.8 Å². The van der Waals surface area contributed by atoms with Crippen LogP contribution in [0.15, 0.2) is 34.6 Å². The molecule has 3 rings (SSSR count). The summed E-state index contributed by atoms with van der Waals surface area (Å²) in [5.74, 6) is -0.0835. The Hall–Kier alpha value is -2.34. The molecule has 23 heavy (non-hydrogen) atoms. The third-order valence-corrected chi connectivity index (χ3v) is 4.09. The summed E-state index contributed by atoms with van der Waals surface area (Å²) in [4.78, 5) is 28.5. The summed E-state index contributed by atoms with van der Waals surface area (Å²) in [7, 11) is 0. The number of aromatic nitrogens is 2. The molecule has 0 unspecified atom stereocenters. The second-order valence-electron chi connectivity index (χ2n) is 5.92. The largest absolute Gasteiger partial charge is 0.325 e. The Kier molecular flexibility index (Phi) is 4.92. The summed E-state index contributed by atoms with van der Waals surface area (Å²) in [6, 6.07) is 5.29. The number of aromatic amines is 2. The third kappa shape index (κ3) is 4.32. The summed E-state index contributed by atoms with van der Waals surface area (Å²) in [6.07, 6.45) is 8.33. The summed E-state index contributed by atoms with van der Waals surface area (Å²) in [5.41, 5.74) is 3.35. The second-order valence-corrected chi connectivity index (χ2v) is 5.92. The lowest BCUT2D eigenvalue weighted by atomic mass is 9.97. The molecule has 0 saturated carbocycles. The molecule has 2 aromatic rings. The minimum atomic E-state index is -0.248. The van der Waals surface area contributed by atoms with E-state index in [-0.39, 0.29) is 18.1 Å².